The molecular weight excluding hydrogens is 376 g/mol. The molecule has 6 nitrogen and oxygen atoms in total. The molecule has 7 heteroatoms. The van der Waals surface area contributed by atoms with Gasteiger partial charge < -0.3 is 4.74 Å². The highest BCUT2D eigenvalue weighted by atomic mass is 32.1. The summed E-state index contributed by atoms with van der Waals surface area (Å²) in [5, 5.41) is 5.31. The zero-order chi connectivity index (χ0) is 19.9. The minimum Gasteiger partial charge on any atom is -0.464 e. The lowest BCUT2D eigenvalue weighted by Gasteiger charge is -2.33. The summed E-state index contributed by atoms with van der Waals surface area (Å²) in [7, 11) is 0. The molecule has 1 aromatic carbocycles. The number of nitrogens with zero attached hydrogens (tertiary/aromatic N) is 1. The Balaban J connectivity index is 1.93. The van der Waals surface area contributed by atoms with Gasteiger partial charge in [0.2, 0.25) is 11.8 Å². The maximum absolute atomic E-state index is 13.3. The number of imide groups is 1. The van der Waals surface area contributed by atoms with Crippen LogP contribution in [0.25, 0.3) is 0 Å². The van der Waals surface area contributed by atoms with Crippen LogP contribution in [-0.4, -0.2) is 35.8 Å². The molecule has 28 heavy (non-hydrogen) atoms. The van der Waals surface area contributed by atoms with Crippen molar-refractivity contribution in [1.82, 2.24) is 10.2 Å². The zero-order valence-electron chi connectivity index (χ0n) is 15.8. The molecule has 2 aliphatic rings. The number of thiophene rings is 1. The van der Waals surface area contributed by atoms with Crippen LogP contribution in [-0.2, 0) is 24.7 Å². The van der Waals surface area contributed by atoms with Crippen molar-refractivity contribution in [3.05, 3.63) is 58.3 Å². The van der Waals surface area contributed by atoms with Gasteiger partial charge in [0, 0.05) is 11.4 Å². The number of fused-ring (bicyclic) bond motifs is 1. The number of amides is 2. The Hall–Kier alpha value is -2.51. The number of ether oxygens (including phenoxy) is 1. The van der Waals surface area contributed by atoms with E-state index < -0.39 is 29.4 Å². The van der Waals surface area contributed by atoms with Gasteiger partial charge in [-0.2, -0.15) is 0 Å². The first-order valence-corrected chi connectivity index (χ1v) is 10.3. The molecule has 0 saturated carbocycles. The van der Waals surface area contributed by atoms with Gasteiger partial charge in [-0.1, -0.05) is 36.4 Å². The molecule has 2 aromatic rings. The monoisotopic (exact) mass is 398 g/mol. The molecular formula is C21H22N2O4S. The van der Waals surface area contributed by atoms with Gasteiger partial charge in [-0.05, 0) is 30.9 Å². The van der Waals surface area contributed by atoms with Crippen molar-refractivity contribution in [3.8, 4) is 0 Å². The molecule has 3 heterocycles. The molecule has 1 N–H and O–H groups in total. The Morgan fingerprint density at radius 3 is 2.50 bits per heavy atom. The molecule has 0 aliphatic carbocycles. The second-order valence-electron chi connectivity index (χ2n) is 6.96. The third-order valence-corrected chi connectivity index (χ3v) is 6.60. The summed E-state index contributed by atoms with van der Waals surface area (Å²) in [5.74, 6) is -2.55. The predicted molar refractivity (Wildman–Crippen MR) is 104 cm³/mol. The lowest BCUT2D eigenvalue weighted by molar-refractivity contribution is -0.157. The van der Waals surface area contributed by atoms with Crippen LogP contribution in [0, 0.1) is 11.8 Å². The third-order valence-electron chi connectivity index (χ3n) is 5.64. The van der Waals surface area contributed by atoms with Gasteiger partial charge in [0.1, 0.15) is 0 Å². The van der Waals surface area contributed by atoms with E-state index in [0.29, 0.717) is 5.56 Å². The smallest absolute Gasteiger partial charge is 0.331 e. The van der Waals surface area contributed by atoms with Crippen molar-refractivity contribution in [2.24, 2.45) is 11.8 Å². The minimum atomic E-state index is -1.40. The van der Waals surface area contributed by atoms with Crippen LogP contribution < -0.4 is 5.32 Å². The van der Waals surface area contributed by atoms with Gasteiger partial charge in [0.15, 0.2) is 5.54 Å². The zero-order valence-corrected chi connectivity index (χ0v) is 16.6. The van der Waals surface area contributed by atoms with Gasteiger partial charge in [-0.3, -0.25) is 19.8 Å². The molecule has 4 atom stereocenters. The maximum Gasteiger partial charge on any atom is 0.331 e. The largest absolute Gasteiger partial charge is 0.464 e. The second kappa shape index (κ2) is 7.14. The quantitative estimate of drug-likeness (QED) is 0.619. The van der Waals surface area contributed by atoms with E-state index in [1.807, 2.05) is 47.8 Å². The van der Waals surface area contributed by atoms with E-state index in [0.717, 1.165) is 4.88 Å². The van der Waals surface area contributed by atoms with Crippen LogP contribution in [0.3, 0.4) is 0 Å². The number of hydrogen-bond acceptors (Lipinski definition) is 6. The average molecular weight is 398 g/mol. The molecule has 1 aromatic heterocycles. The van der Waals surface area contributed by atoms with E-state index in [9.17, 15) is 14.4 Å². The number of carbonyl (C=O) groups excluding carboxylic acids is 3. The number of nitrogens with one attached hydrogen (secondary N) is 1. The molecule has 2 fully saturated rings. The molecule has 0 bridgehead atoms. The summed E-state index contributed by atoms with van der Waals surface area (Å²) in [6.07, 6.45) is 0. The van der Waals surface area contributed by atoms with Crippen LogP contribution in [0.2, 0.25) is 0 Å². The Morgan fingerprint density at radius 2 is 1.89 bits per heavy atom. The minimum absolute atomic E-state index is 0.190. The predicted octanol–water partition coefficient (Wildman–Crippen LogP) is 2.47. The molecule has 2 saturated heterocycles. The fourth-order valence-corrected chi connectivity index (χ4v) is 5.33. The molecule has 2 aliphatic heterocycles. The van der Waals surface area contributed by atoms with Gasteiger partial charge >= 0.3 is 5.97 Å². The van der Waals surface area contributed by atoms with Gasteiger partial charge in [-0.25, -0.2) is 4.79 Å². The Morgan fingerprint density at radius 1 is 1.14 bits per heavy atom. The Labute approximate surface area is 167 Å². The topological polar surface area (TPSA) is 75.7 Å². The van der Waals surface area contributed by atoms with E-state index in [4.69, 9.17) is 4.74 Å². The van der Waals surface area contributed by atoms with E-state index in [1.165, 1.54) is 16.2 Å². The number of likely N-dealkylation sites (tertiary alicyclic amines) is 1. The van der Waals surface area contributed by atoms with Gasteiger partial charge in [-0.15, -0.1) is 11.3 Å². The average Bonchev–Trinajstić information content (AvgIpc) is 3.40. The van der Waals surface area contributed by atoms with Gasteiger partial charge in [0.25, 0.3) is 0 Å². The highest BCUT2D eigenvalue weighted by molar-refractivity contribution is 7.10. The summed E-state index contributed by atoms with van der Waals surface area (Å²) in [5.41, 5.74) is -0.755. The lowest BCUT2D eigenvalue weighted by atomic mass is 9.75. The highest BCUT2D eigenvalue weighted by Crippen LogP contribution is 2.53. The number of hydrogen-bond donors (Lipinski definition) is 1. The van der Waals surface area contributed by atoms with E-state index in [-0.39, 0.29) is 25.0 Å². The van der Waals surface area contributed by atoms with Crippen molar-refractivity contribution in [3.63, 3.8) is 0 Å². The maximum atomic E-state index is 13.3. The number of rotatable bonds is 5. The highest BCUT2D eigenvalue weighted by Gasteiger charge is 2.69. The van der Waals surface area contributed by atoms with Gasteiger partial charge in [0.05, 0.1) is 24.5 Å². The van der Waals surface area contributed by atoms with E-state index >= 15 is 0 Å². The molecule has 4 rings (SSSR count). The van der Waals surface area contributed by atoms with Crippen LogP contribution >= 0.6 is 11.3 Å². The van der Waals surface area contributed by atoms with E-state index in [2.05, 4.69) is 5.32 Å². The summed E-state index contributed by atoms with van der Waals surface area (Å²) >= 11 is 1.51. The van der Waals surface area contributed by atoms with Crippen molar-refractivity contribution >= 4 is 29.1 Å². The van der Waals surface area contributed by atoms with Crippen molar-refractivity contribution in [1.29, 1.82) is 0 Å². The molecule has 2 amide bonds. The van der Waals surface area contributed by atoms with Crippen molar-refractivity contribution < 1.29 is 19.1 Å². The van der Waals surface area contributed by atoms with Crippen LogP contribution in [0.1, 0.15) is 30.3 Å². The third kappa shape index (κ3) is 2.53. The number of esters is 1. The number of benzene rings is 1. The fourth-order valence-electron chi connectivity index (χ4n) is 4.51. The summed E-state index contributed by atoms with van der Waals surface area (Å²) in [4.78, 5) is 42.0. The van der Waals surface area contributed by atoms with Crippen LogP contribution in [0.15, 0.2) is 47.8 Å². The lowest BCUT2D eigenvalue weighted by Crippen LogP contribution is -2.53. The number of carbonyl (C=O) groups is 3. The van der Waals surface area contributed by atoms with Crippen molar-refractivity contribution in [2.45, 2.75) is 25.4 Å². The molecule has 0 unspecified atom stereocenters. The first kappa shape index (κ1) is 18.8. The molecule has 146 valence electrons. The second-order valence-corrected chi connectivity index (χ2v) is 7.94. The molecule has 0 radical (unpaired) electrons. The molecule has 0 spiro atoms. The van der Waals surface area contributed by atoms with Crippen molar-refractivity contribution in [2.75, 3.05) is 13.2 Å². The first-order valence-electron chi connectivity index (χ1n) is 9.45. The normalized spacial score (nSPS) is 29.2. The summed E-state index contributed by atoms with van der Waals surface area (Å²) < 4.78 is 5.43. The Bertz CT molecular complexity index is 898. The summed E-state index contributed by atoms with van der Waals surface area (Å²) in [6.45, 7) is 3.99. The van der Waals surface area contributed by atoms with Crippen LogP contribution in [0.4, 0.5) is 0 Å². The first-order chi connectivity index (χ1) is 13.6. The standard InChI is InChI=1S/C21H22N2O4S/c1-3-23-18(24)15-16(19(23)25)21(20(26)27-4-2,13-9-6-5-7-10-13)22-17(15)14-11-8-12-28-14/h5-12,15-17,22H,3-4H2,1-2H3/t15-,16-,17-,21-/m1/s1. The summed E-state index contributed by atoms with van der Waals surface area (Å²) in [6, 6.07) is 12.5. The van der Waals surface area contributed by atoms with E-state index in [1.54, 1.807) is 13.8 Å². The van der Waals surface area contributed by atoms with Crippen LogP contribution in [0.5, 0.6) is 0 Å². The SMILES string of the molecule is CCOC(=O)[C@]1(c2ccccc2)N[C@H](c2cccs2)[C@@H]2C(=O)N(CC)C(=O)[C@@H]21. The fraction of sp³-hybridized carbons (Fsp3) is 0.381. The Kier molecular flexibility index (Phi) is 4.81.